The van der Waals surface area contributed by atoms with E-state index in [1.165, 1.54) is 35.5 Å². The second-order valence-electron chi connectivity index (χ2n) is 5.32. The SMILES string of the molecule is O=C(NC[C@H](c1cccs1)N1CCCCC1)c1cccs1. The van der Waals surface area contributed by atoms with Crippen LogP contribution in [0.1, 0.15) is 39.9 Å². The van der Waals surface area contributed by atoms with E-state index >= 15 is 0 Å². The molecule has 2 aromatic heterocycles. The van der Waals surface area contributed by atoms with Crippen molar-refractivity contribution in [3.8, 4) is 0 Å². The molecule has 3 nitrogen and oxygen atoms in total. The van der Waals surface area contributed by atoms with Crippen molar-refractivity contribution in [3.05, 3.63) is 44.8 Å². The van der Waals surface area contributed by atoms with Crippen molar-refractivity contribution < 1.29 is 4.79 Å². The Labute approximate surface area is 133 Å². The molecule has 1 amide bonds. The van der Waals surface area contributed by atoms with E-state index < -0.39 is 0 Å². The average Bonchev–Trinajstić information content (AvgIpc) is 3.22. The highest BCUT2D eigenvalue weighted by molar-refractivity contribution is 7.12. The fourth-order valence-corrected chi connectivity index (χ4v) is 4.31. The quantitative estimate of drug-likeness (QED) is 0.909. The first-order valence-corrected chi connectivity index (χ1v) is 9.19. The molecule has 21 heavy (non-hydrogen) atoms. The summed E-state index contributed by atoms with van der Waals surface area (Å²) < 4.78 is 0. The van der Waals surface area contributed by atoms with Crippen molar-refractivity contribution >= 4 is 28.6 Å². The minimum absolute atomic E-state index is 0.0450. The van der Waals surface area contributed by atoms with Gasteiger partial charge in [-0.1, -0.05) is 18.6 Å². The van der Waals surface area contributed by atoms with Crippen LogP contribution in [0.15, 0.2) is 35.0 Å². The number of likely N-dealkylation sites (tertiary alicyclic amines) is 1. The van der Waals surface area contributed by atoms with Gasteiger partial charge in [0.1, 0.15) is 0 Å². The summed E-state index contributed by atoms with van der Waals surface area (Å²) in [5, 5.41) is 7.17. The molecule has 5 heteroatoms. The summed E-state index contributed by atoms with van der Waals surface area (Å²) in [6, 6.07) is 8.38. The Morgan fingerprint density at radius 3 is 2.57 bits per heavy atom. The molecular formula is C16H20N2OS2. The molecule has 2 aromatic rings. The van der Waals surface area contributed by atoms with Crippen molar-refractivity contribution in [3.63, 3.8) is 0 Å². The van der Waals surface area contributed by atoms with Gasteiger partial charge in [0, 0.05) is 11.4 Å². The lowest BCUT2D eigenvalue weighted by Crippen LogP contribution is -2.40. The first kappa shape index (κ1) is 14.8. The maximum absolute atomic E-state index is 12.1. The van der Waals surface area contributed by atoms with E-state index in [4.69, 9.17) is 0 Å². The van der Waals surface area contributed by atoms with Crippen LogP contribution in [-0.4, -0.2) is 30.4 Å². The first-order chi connectivity index (χ1) is 10.3. The van der Waals surface area contributed by atoms with E-state index in [0.29, 0.717) is 12.6 Å². The lowest BCUT2D eigenvalue weighted by atomic mass is 10.1. The molecular weight excluding hydrogens is 300 g/mol. The van der Waals surface area contributed by atoms with E-state index in [1.54, 1.807) is 11.3 Å². The van der Waals surface area contributed by atoms with Crippen molar-refractivity contribution in [1.29, 1.82) is 0 Å². The molecule has 1 atom stereocenters. The van der Waals surface area contributed by atoms with E-state index in [9.17, 15) is 4.79 Å². The van der Waals surface area contributed by atoms with E-state index in [0.717, 1.165) is 18.0 Å². The minimum Gasteiger partial charge on any atom is -0.349 e. The van der Waals surface area contributed by atoms with Crippen LogP contribution in [0.3, 0.4) is 0 Å². The Balaban J connectivity index is 1.66. The zero-order chi connectivity index (χ0) is 14.5. The summed E-state index contributed by atoms with van der Waals surface area (Å²) >= 11 is 3.28. The highest BCUT2D eigenvalue weighted by Crippen LogP contribution is 2.27. The number of nitrogens with zero attached hydrogens (tertiary/aromatic N) is 1. The molecule has 0 aliphatic carbocycles. The lowest BCUT2D eigenvalue weighted by Gasteiger charge is -2.34. The molecule has 0 aromatic carbocycles. The first-order valence-electron chi connectivity index (χ1n) is 7.44. The fraction of sp³-hybridized carbons (Fsp3) is 0.438. The minimum atomic E-state index is 0.0450. The number of hydrogen-bond donors (Lipinski definition) is 1. The van der Waals surface area contributed by atoms with Crippen LogP contribution < -0.4 is 5.32 Å². The number of hydrogen-bond acceptors (Lipinski definition) is 4. The number of amides is 1. The molecule has 112 valence electrons. The van der Waals surface area contributed by atoms with Gasteiger partial charge in [-0.05, 0) is 48.8 Å². The molecule has 3 heterocycles. The molecule has 1 fully saturated rings. The average molecular weight is 320 g/mol. The van der Waals surface area contributed by atoms with Crippen LogP contribution in [0, 0.1) is 0 Å². The Morgan fingerprint density at radius 2 is 1.90 bits per heavy atom. The Hall–Kier alpha value is -1.17. The smallest absolute Gasteiger partial charge is 0.261 e. The molecule has 0 bridgehead atoms. The third-order valence-electron chi connectivity index (χ3n) is 3.90. The van der Waals surface area contributed by atoms with Gasteiger partial charge >= 0.3 is 0 Å². The predicted molar refractivity (Wildman–Crippen MR) is 89.1 cm³/mol. The van der Waals surface area contributed by atoms with Gasteiger partial charge in [0.15, 0.2) is 0 Å². The van der Waals surface area contributed by atoms with Gasteiger partial charge in [0.25, 0.3) is 5.91 Å². The van der Waals surface area contributed by atoms with Crippen molar-refractivity contribution in [1.82, 2.24) is 10.2 Å². The molecule has 1 N–H and O–H groups in total. The lowest BCUT2D eigenvalue weighted by molar-refractivity contribution is 0.0929. The van der Waals surface area contributed by atoms with Crippen LogP contribution >= 0.6 is 22.7 Å². The highest BCUT2D eigenvalue weighted by atomic mass is 32.1. The van der Waals surface area contributed by atoms with Crippen LogP contribution in [0.2, 0.25) is 0 Å². The third-order valence-corrected chi connectivity index (χ3v) is 5.75. The molecule has 0 unspecified atom stereocenters. The summed E-state index contributed by atoms with van der Waals surface area (Å²) in [5.41, 5.74) is 0. The van der Waals surface area contributed by atoms with Crippen molar-refractivity contribution in [2.24, 2.45) is 0 Å². The molecule has 0 radical (unpaired) electrons. The van der Waals surface area contributed by atoms with Gasteiger partial charge in [-0.25, -0.2) is 0 Å². The Morgan fingerprint density at radius 1 is 1.14 bits per heavy atom. The summed E-state index contributed by atoms with van der Waals surface area (Å²) in [6.07, 6.45) is 3.86. The third kappa shape index (κ3) is 3.73. The Kier molecular flexibility index (Phi) is 5.06. The summed E-state index contributed by atoms with van der Waals surface area (Å²) in [6.45, 7) is 2.96. The number of carbonyl (C=O) groups is 1. The summed E-state index contributed by atoms with van der Waals surface area (Å²) in [5.74, 6) is 0.0450. The van der Waals surface area contributed by atoms with Gasteiger partial charge in [0.2, 0.25) is 0 Å². The normalized spacial score (nSPS) is 17.5. The number of piperidine rings is 1. The van der Waals surface area contributed by atoms with Gasteiger partial charge in [-0.15, -0.1) is 22.7 Å². The molecule has 1 aliphatic rings. The number of nitrogens with one attached hydrogen (secondary N) is 1. The van der Waals surface area contributed by atoms with Crippen molar-refractivity contribution in [2.45, 2.75) is 25.3 Å². The number of rotatable bonds is 5. The maximum Gasteiger partial charge on any atom is 0.261 e. The topological polar surface area (TPSA) is 32.3 Å². The second-order valence-corrected chi connectivity index (χ2v) is 7.24. The predicted octanol–water partition coefficient (Wildman–Crippen LogP) is 3.77. The molecule has 0 spiro atoms. The molecule has 3 rings (SSSR count). The van der Waals surface area contributed by atoms with Crippen molar-refractivity contribution in [2.75, 3.05) is 19.6 Å². The van der Waals surface area contributed by atoms with Crippen LogP contribution in [0.5, 0.6) is 0 Å². The van der Waals surface area contributed by atoms with Crippen LogP contribution in [0.4, 0.5) is 0 Å². The largest absolute Gasteiger partial charge is 0.349 e. The zero-order valence-electron chi connectivity index (χ0n) is 12.0. The fourth-order valence-electron chi connectivity index (χ4n) is 2.80. The van der Waals surface area contributed by atoms with Crippen LogP contribution in [0.25, 0.3) is 0 Å². The number of carbonyl (C=O) groups excluding carboxylic acids is 1. The van der Waals surface area contributed by atoms with E-state index in [-0.39, 0.29) is 5.91 Å². The van der Waals surface area contributed by atoms with Gasteiger partial charge < -0.3 is 5.32 Å². The summed E-state index contributed by atoms with van der Waals surface area (Å²) in [4.78, 5) is 16.8. The number of thiophene rings is 2. The van der Waals surface area contributed by atoms with E-state index in [2.05, 4.69) is 27.7 Å². The van der Waals surface area contributed by atoms with Crippen LogP contribution in [-0.2, 0) is 0 Å². The van der Waals surface area contributed by atoms with Gasteiger partial charge in [0.05, 0.1) is 10.9 Å². The maximum atomic E-state index is 12.1. The zero-order valence-corrected chi connectivity index (χ0v) is 13.6. The monoisotopic (exact) mass is 320 g/mol. The van der Waals surface area contributed by atoms with Gasteiger partial charge in [-0.3, -0.25) is 9.69 Å². The molecule has 1 aliphatic heterocycles. The summed E-state index contributed by atoms with van der Waals surface area (Å²) in [7, 11) is 0. The standard InChI is InChI=1S/C16H20N2OS2/c19-16(15-7-5-11-21-15)17-12-13(14-6-4-10-20-14)18-8-2-1-3-9-18/h4-7,10-11,13H,1-3,8-9,12H2,(H,17,19)/t13-/m1/s1. The van der Waals surface area contributed by atoms with E-state index in [1.807, 2.05) is 17.5 Å². The van der Waals surface area contributed by atoms with Gasteiger partial charge in [-0.2, -0.15) is 0 Å². The Bertz CT molecular complexity index is 545. The highest BCUT2D eigenvalue weighted by Gasteiger charge is 2.23. The second kappa shape index (κ2) is 7.20. The molecule has 1 saturated heterocycles. The molecule has 0 saturated carbocycles.